The van der Waals surface area contributed by atoms with Gasteiger partial charge in [0, 0.05) is 19.6 Å². The molecule has 1 N–H and O–H groups in total. The van der Waals surface area contributed by atoms with Crippen LogP contribution in [0.15, 0.2) is 0 Å². The predicted molar refractivity (Wildman–Crippen MR) is 81.5 cm³/mol. The van der Waals surface area contributed by atoms with Crippen molar-refractivity contribution < 1.29 is 4.79 Å². The van der Waals surface area contributed by atoms with Gasteiger partial charge in [-0.3, -0.25) is 0 Å². The smallest absolute Gasteiger partial charge is 0.317 e. The highest BCUT2D eigenvalue weighted by molar-refractivity contribution is 5.74. The SMILES string of the molecule is CN(CC1CCC1)C(=O)NC1CC2CCC1(C)C2(C)C. The fourth-order valence-corrected chi connectivity index (χ4v) is 4.83. The molecular formula is C17H30N2O. The third kappa shape index (κ3) is 1.96. The maximum atomic E-state index is 12.4. The van der Waals surface area contributed by atoms with Crippen molar-refractivity contribution in [2.24, 2.45) is 22.7 Å². The minimum atomic E-state index is 0.145. The van der Waals surface area contributed by atoms with Crippen LogP contribution in [0.1, 0.15) is 59.3 Å². The van der Waals surface area contributed by atoms with Crippen molar-refractivity contribution in [3.05, 3.63) is 0 Å². The van der Waals surface area contributed by atoms with Crippen molar-refractivity contribution in [2.75, 3.05) is 13.6 Å². The van der Waals surface area contributed by atoms with Crippen LogP contribution in [-0.4, -0.2) is 30.6 Å². The van der Waals surface area contributed by atoms with E-state index in [0.717, 1.165) is 18.4 Å². The van der Waals surface area contributed by atoms with Crippen molar-refractivity contribution in [1.82, 2.24) is 10.2 Å². The fourth-order valence-electron chi connectivity index (χ4n) is 4.83. The van der Waals surface area contributed by atoms with Gasteiger partial charge in [0.15, 0.2) is 0 Å². The summed E-state index contributed by atoms with van der Waals surface area (Å²) >= 11 is 0. The molecule has 2 amide bonds. The Hall–Kier alpha value is -0.730. The number of carbonyl (C=O) groups excluding carboxylic acids is 1. The normalized spacial score (nSPS) is 38.6. The molecule has 114 valence electrons. The highest BCUT2D eigenvalue weighted by Gasteiger charge is 2.61. The molecule has 3 heteroatoms. The topological polar surface area (TPSA) is 32.3 Å². The minimum absolute atomic E-state index is 0.145. The number of hydrogen-bond acceptors (Lipinski definition) is 1. The summed E-state index contributed by atoms with van der Waals surface area (Å²) in [4.78, 5) is 14.3. The Bertz CT molecular complexity index is 402. The summed E-state index contributed by atoms with van der Waals surface area (Å²) in [6, 6.07) is 0.513. The molecule has 20 heavy (non-hydrogen) atoms. The Morgan fingerprint density at radius 3 is 2.40 bits per heavy atom. The van der Waals surface area contributed by atoms with Gasteiger partial charge in [-0.25, -0.2) is 4.79 Å². The number of nitrogens with zero attached hydrogens (tertiary/aromatic N) is 1. The Morgan fingerprint density at radius 2 is 1.95 bits per heavy atom. The number of hydrogen-bond donors (Lipinski definition) is 1. The lowest BCUT2D eigenvalue weighted by molar-refractivity contribution is 0.116. The Morgan fingerprint density at radius 1 is 1.25 bits per heavy atom. The molecule has 3 aliphatic carbocycles. The lowest BCUT2D eigenvalue weighted by Gasteiger charge is -2.40. The molecule has 3 nitrogen and oxygen atoms in total. The van der Waals surface area contributed by atoms with E-state index in [1.165, 1.54) is 38.5 Å². The van der Waals surface area contributed by atoms with Gasteiger partial charge in [0.25, 0.3) is 0 Å². The maximum Gasteiger partial charge on any atom is 0.317 e. The third-order valence-electron chi connectivity index (χ3n) is 7.20. The van der Waals surface area contributed by atoms with E-state index in [0.29, 0.717) is 11.5 Å². The van der Waals surface area contributed by atoms with Crippen LogP contribution < -0.4 is 5.32 Å². The van der Waals surface area contributed by atoms with Crippen LogP contribution in [-0.2, 0) is 0 Å². The zero-order valence-corrected chi connectivity index (χ0v) is 13.5. The first kappa shape index (κ1) is 14.2. The van der Waals surface area contributed by atoms with Crippen LogP contribution in [0.3, 0.4) is 0 Å². The van der Waals surface area contributed by atoms with E-state index in [2.05, 4.69) is 26.1 Å². The molecule has 0 aliphatic heterocycles. The molecule has 3 fully saturated rings. The number of carbonyl (C=O) groups is 1. The highest BCUT2D eigenvalue weighted by atomic mass is 16.2. The Balaban J connectivity index is 1.59. The summed E-state index contributed by atoms with van der Waals surface area (Å²) in [7, 11) is 1.95. The van der Waals surface area contributed by atoms with Gasteiger partial charge in [0.2, 0.25) is 0 Å². The average Bonchev–Trinajstić information content (AvgIpc) is 2.66. The number of rotatable bonds is 3. The largest absolute Gasteiger partial charge is 0.335 e. The molecule has 0 aromatic rings. The summed E-state index contributed by atoms with van der Waals surface area (Å²) in [6.07, 6.45) is 7.72. The standard InChI is InChI=1S/C17H30N2O/c1-16(2)13-8-9-17(16,3)14(10-13)18-15(20)19(4)11-12-6-5-7-12/h12-14H,5-11H2,1-4H3,(H,18,20). The van der Waals surface area contributed by atoms with Gasteiger partial charge in [-0.15, -0.1) is 0 Å². The van der Waals surface area contributed by atoms with Crippen molar-refractivity contribution >= 4 is 6.03 Å². The van der Waals surface area contributed by atoms with Crippen LogP contribution in [0.2, 0.25) is 0 Å². The average molecular weight is 278 g/mol. The molecule has 0 aromatic heterocycles. The highest BCUT2D eigenvalue weighted by Crippen LogP contribution is 2.65. The molecule has 3 unspecified atom stereocenters. The quantitative estimate of drug-likeness (QED) is 0.840. The van der Waals surface area contributed by atoms with Gasteiger partial charge in [-0.05, 0) is 54.8 Å². The van der Waals surface area contributed by atoms with Crippen molar-refractivity contribution in [2.45, 2.75) is 65.3 Å². The summed E-state index contributed by atoms with van der Waals surface area (Å²) in [5, 5.41) is 3.35. The minimum Gasteiger partial charge on any atom is -0.335 e. The van der Waals surface area contributed by atoms with E-state index in [1.54, 1.807) is 0 Å². The molecule has 3 atom stereocenters. The second-order valence-electron chi connectivity index (χ2n) is 8.29. The maximum absolute atomic E-state index is 12.4. The Labute approximate surface area is 123 Å². The number of fused-ring (bicyclic) bond motifs is 2. The summed E-state index contributed by atoms with van der Waals surface area (Å²) in [5.41, 5.74) is 0.655. The van der Waals surface area contributed by atoms with Crippen LogP contribution in [0.4, 0.5) is 4.79 Å². The molecule has 0 saturated heterocycles. The van der Waals surface area contributed by atoms with E-state index in [4.69, 9.17) is 0 Å². The lowest BCUT2D eigenvalue weighted by Crippen LogP contribution is -2.51. The van der Waals surface area contributed by atoms with Gasteiger partial charge in [0.05, 0.1) is 0 Å². The second kappa shape index (κ2) is 4.64. The van der Waals surface area contributed by atoms with Crippen molar-refractivity contribution in [1.29, 1.82) is 0 Å². The van der Waals surface area contributed by atoms with E-state index >= 15 is 0 Å². The molecule has 0 spiro atoms. The van der Waals surface area contributed by atoms with E-state index in [9.17, 15) is 4.79 Å². The first-order valence-corrected chi connectivity index (χ1v) is 8.36. The predicted octanol–water partition coefficient (Wildman–Crippen LogP) is 3.64. The van der Waals surface area contributed by atoms with Gasteiger partial charge in [0.1, 0.15) is 0 Å². The summed E-state index contributed by atoms with van der Waals surface area (Å²) in [6.45, 7) is 8.11. The lowest BCUT2D eigenvalue weighted by atomic mass is 9.69. The van der Waals surface area contributed by atoms with Gasteiger partial charge < -0.3 is 10.2 Å². The third-order valence-corrected chi connectivity index (χ3v) is 7.20. The van der Waals surface area contributed by atoms with Crippen LogP contribution in [0, 0.1) is 22.7 Å². The van der Waals surface area contributed by atoms with Crippen LogP contribution in [0.25, 0.3) is 0 Å². The zero-order valence-electron chi connectivity index (χ0n) is 13.5. The molecular weight excluding hydrogens is 248 g/mol. The summed E-state index contributed by atoms with van der Waals surface area (Å²) in [5.74, 6) is 1.53. The van der Waals surface area contributed by atoms with E-state index < -0.39 is 0 Å². The van der Waals surface area contributed by atoms with Crippen LogP contribution in [0.5, 0.6) is 0 Å². The van der Waals surface area contributed by atoms with Gasteiger partial charge >= 0.3 is 6.03 Å². The first-order chi connectivity index (χ1) is 9.34. The zero-order chi connectivity index (χ0) is 14.5. The second-order valence-corrected chi connectivity index (χ2v) is 8.29. The summed E-state index contributed by atoms with van der Waals surface area (Å²) < 4.78 is 0. The molecule has 3 rings (SSSR count). The van der Waals surface area contributed by atoms with Crippen molar-refractivity contribution in [3.63, 3.8) is 0 Å². The van der Waals surface area contributed by atoms with E-state index in [1.807, 2.05) is 11.9 Å². The number of nitrogens with one attached hydrogen (secondary N) is 1. The van der Waals surface area contributed by atoms with Gasteiger partial charge in [-0.1, -0.05) is 27.2 Å². The molecule has 2 bridgehead atoms. The molecule has 3 saturated carbocycles. The van der Waals surface area contributed by atoms with Crippen molar-refractivity contribution in [3.8, 4) is 0 Å². The molecule has 0 radical (unpaired) electrons. The fraction of sp³-hybridized carbons (Fsp3) is 0.941. The number of urea groups is 1. The molecule has 0 heterocycles. The first-order valence-electron chi connectivity index (χ1n) is 8.36. The molecule has 3 aliphatic rings. The van der Waals surface area contributed by atoms with E-state index in [-0.39, 0.29) is 11.4 Å². The van der Waals surface area contributed by atoms with Gasteiger partial charge in [-0.2, -0.15) is 0 Å². The van der Waals surface area contributed by atoms with Crippen LogP contribution >= 0.6 is 0 Å². The Kier molecular flexibility index (Phi) is 3.30. The monoisotopic (exact) mass is 278 g/mol. The number of amides is 2. The molecule has 0 aromatic carbocycles.